The molecule has 0 amide bonds. The zero-order valence-electron chi connectivity index (χ0n) is 31.9. The van der Waals surface area contributed by atoms with E-state index in [1.54, 1.807) is 0 Å². The Hall–Kier alpha value is -6.66. The number of hydrogen-bond donors (Lipinski definition) is 3. The van der Waals surface area contributed by atoms with E-state index in [-0.39, 0.29) is 6.10 Å². The summed E-state index contributed by atoms with van der Waals surface area (Å²) in [6.07, 6.45) is 2.11. The molecule has 0 aromatic heterocycles. The van der Waals surface area contributed by atoms with E-state index in [9.17, 15) is 0 Å². The van der Waals surface area contributed by atoms with Crippen molar-refractivity contribution >= 4 is 17.1 Å². The highest BCUT2D eigenvalue weighted by Crippen LogP contribution is 2.17. The van der Waals surface area contributed by atoms with Gasteiger partial charge in [0.25, 0.3) is 0 Å². The fourth-order valence-corrected chi connectivity index (χ4v) is 6.46. The summed E-state index contributed by atoms with van der Waals surface area (Å²) in [5.41, 5.74) is 33.7. The highest BCUT2D eigenvalue weighted by molar-refractivity contribution is 6.10. The highest BCUT2D eigenvalue weighted by Gasteiger charge is 2.20. The maximum Gasteiger partial charge on any atom is 0.379 e. The van der Waals surface area contributed by atoms with Crippen LogP contribution in [0.15, 0.2) is 164 Å². The van der Waals surface area contributed by atoms with Gasteiger partial charge < -0.3 is 14.2 Å². The van der Waals surface area contributed by atoms with E-state index < -0.39 is 0 Å². The minimum Gasteiger partial charge on any atom is -0.381 e. The van der Waals surface area contributed by atoms with E-state index in [4.69, 9.17) is 30.8 Å². The Morgan fingerprint density at radius 1 is 0.386 bits per heavy atom. The quantitative estimate of drug-likeness (QED) is 0.0310. The van der Waals surface area contributed by atoms with Crippen molar-refractivity contribution in [3.05, 3.63) is 214 Å². The summed E-state index contributed by atoms with van der Waals surface area (Å²) in [5, 5.41) is 0. The summed E-state index contributed by atoms with van der Waals surface area (Å²) in [6.45, 7) is 2.55. The Labute approximate surface area is 333 Å². The number of rotatable bonds is 20. The molecule has 284 valence electrons. The molecule has 0 aliphatic rings. The standard InChI is InChI=1S/C48H47N6O3/c49-52-46(39-10-4-1-5-11-39)42-22-16-36(17-23-42)28-31-55-32-29-45(57-35-38-20-26-44(27-21-38)48(54-51)41-14-8-3-9-15-41)30-33-56-34-37-18-24-43(25-19-37)47(53-50)40-12-6-2-7-13-40/h1-27,45,49-51H,28-35H2/q+3. The van der Waals surface area contributed by atoms with Crippen LogP contribution in [0.2, 0.25) is 0 Å². The largest absolute Gasteiger partial charge is 0.381 e. The molecule has 9 nitrogen and oxygen atoms in total. The smallest absolute Gasteiger partial charge is 0.379 e. The van der Waals surface area contributed by atoms with Crippen molar-refractivity contribution in [1.82, 2.24) is 0 Å². The lowest BCUT2D eigenvalue weighted by molar-refractivity contribution is -0.117. The van der Waals surface area contributed by atoms with Gasteiger partial charge in [0.2, 0.25) is 0 Å². The minimum atomic E-state index is -0.0803. The van der Waals surface area contributed by atoms with E-state index in [0.29, 0.717) is 63.0 Å². The third-order valence-corrected chi connectivity index (χ3v) is 9.62. The Morgan fingerprint density at radius 3 is 1.14 bits per heavy atom. The second-order valence-electron chi connectivity index (χ2n) is 13.5. The highest BCUT2D eigenvalue weighted by atomic mass is 16.5. The first kappa shape index (κ1) is 40.0. The average molecular weight is 756 g/mol. The van der Waals surface area contributed by atoms with Crippen molar-refractivity contribution in [2.75, 3.05) is 19.8 Å². The van der Waals surface area contributed by atoms with Gasteiger partial charge in [-0.15, -0.1) is 0 Å². The topological polar surface area (TPSA) is 142 Å². The van der Waals surface area contributed by atoms with Crippen molar-refractivity contribution in [1.29, 1.82) is 16.6 Å². The molecule has 0 saturated heterocycles. The summed E-state index contributed by atoms with van der Waals surface area (Å²) in [7, 11) is 0. The molecule has 3 N–H and O–H groups in total. The van der Waals surface area contributed by atoms with Crippen molar-refractivity contribution in [2.24, 2.45) is 0 Å². The molecule has 0 spiro atoms. The molecule has 0 heterocycles. The average Bonchev–Trinajstić information content (AvgIpc) is 3.27. The molecule has 6 rings (SSSR count). The van der Waals surface area contributed by atoms with Crippen molar-refractivity contribution < 1.29 is 28.6 Å². The molecule has 1 unspecified atom stereocenters. The third kappa shape index (κ3) is 11.7. The number of benzene rings is 6. The van der Waals surface area contributed by atoms with Gasteiger partial charge in [-0.05, 0) is 109 Å². The monoisotopic (exact) mass is 755 g/mol. The molecule has 0 fully saturated rings. The molecule has 0 aliphatic heterocycles. The Morgan fingerprint density at radius 2 is 0.737 bits per heavy atom. The Kier molecular flexibility index (Phi) is 15.0. The van der Waals surface area contributed by atoms with Gasteiger partial charge in [-0.1, -0.05) is 91.0 Å². The van der Waals surface area contributed by atoms with Crippen molar-refractivity contribution in [3.63, 3.8) is 0 Å². The van der Waals surface area contributed by atoms with Crippen LogP contribution in [-0.2, 0) is 33.8 Å². The summed E-state index contributed by atoms with van der Waals surface area (Å²) >= 11 is 0. The first-order chi connectivity index (χ1) is 28.1. The predicted octanol–water partition coefficient (Wildman–Crippen LogP) is 9.06. The summed E-state index contributed by atoms with van der Waals surface area (Å²) in [6, 6.07) is 53.5. The van der Waals surface area contributed by atoms with Gasteiger partial charge in [0, 0.05) is 13.2 Å². The molecule has 9 heteroatoms. The van der Waals surface area contributed by atoms with Crippen molar-refractivity contribution in [2.45, 2.75) is 38.6 Å². The molecule has 0 bridgehead atoms. The molecule has 0 aliphatic carbocycles. The number of ether oxygens (including phenoxy) is 3. The van der Waals surface area contributed by atoms with Gasteiger partial charge in [-0.25, -0.2) is 0 Å². The van der Waals surface area contributed by atoms with Gasteiger partial charge in [-0.3, -0.25) is 0 Å². The van der Waals surface area contributed by atoms with Gasteiger partial charge >= 0.3 is 17.1 Å². The lowest BCUT2D eigenvalue weighted by atomic mass is 10.0. The number of hydrogen-bond acceptors (Lipinski definition) is 6. The Bertz CT molecular complexity index is 2310. The van der Waals surface area contributed by atoms with Crippen LogP contribution in [0.3, 0.4) is 0 Å². The second-order valence-corrected chi connectivity index (χ2v) is 13.5. The van der Waals surface area contributed by atoms with Crippen LogP contribution >= 0.6 is 0 Å². The second kappa shape index (κ2) is 21.4. The molecule has 6 aromatic rings. The van der Waals surface area contributed by atoms with E-state index in [0.717, 1.165) is 56.5 Å². The summed E-state index contributed by atoms with van der Waals surface area (Å²) in [5.74, 6) is 0. The molecule has 1 atom stereocenters. The van der Waals surface area contributed by atoms with E-state index in [2.05, 4.69) is 26.5 Å². The fourth-order valence-electron chi connectivity index (χ4n) is 6.46. The third-order valence-electron chi connectivity index (χ3n) is 9.62. The molecule has 6 aromatic carbocycles. The molecule has 0 radical (unpaired) electrons. The van der Waals surface area contributed by atoms with E-state index >= 15 is 0 Å². The van der Waals surface area contributed by atoms with Crippen LogP contribution in [0, 0.1) is 16.6 Å². The zero-order chi connectivity index (χ0) is 39.5. The van der Waals surface area contributed by atoms with Crippen LogP contribution in [-0.4, -0.2) is 57.4 Å². The van der Waals surface area contributed by atoms with Crippen LogP contribution < -0.4 is 0 Å². The fraction of sp³-hybridized carbons (Fsp3) is 0.188. The maximum absolute atomic E-state index is 7.75. The van der Waals surface area contributed by atoms with Crippen LogP contribution in [0.25, 0.3) is 0 Å². The lowest BCUT2D eigenvalue weighted by Gasteiger charge is -2.18. The van der Waals surface area contributed by atoms with Gasteiger partial charge in [0.05, 0.1) is 90.3 Å². The maximum atomic E-state index is 7.75. The Balaban J connectivity index is 1.01. The lowest BCUT2D eigenvalue weighted by Crippen LogP contribution is -2.19. The van der Waals surface area contributed by atoms with E-state index in [1.807, 2.05) is 152 Å². The number of nitrogens with zero attached hydrogens (tertiary/aromatic N) is 3. The summed E-state index contributed by atoms with van der Waals surface area (Å²) < 4.78 is 18.7. The molecular weight excluding hydrogens is 709 g/mol. The van der Waals surface area contributed by atoms with Crippen LogP contribution in [0.1, 0.15) is 62.9 Å². The predicted molar refractivity (Wildman–Crippen MR) is 219 cm³/mol. The number of nitrogens with one attached hydrogen (secondary N) is 3. The van der Waals surface area contributed by atoms with E-state index in [1.165, 1.54) is 0 Å². The van der Waals surface area contributed by atoms with Crippen LogP contribution in [0.5, 0.6) is 0 Å². The van der Waals surface area contributed by atoms with Gasteiger partial charge in [-0.2, -0.15) is 0 Å². The normalized spacial score (nSPS) is 11.2. The SMILES string of the molecule is N=[N+]=C(c1ccccc1)c1ccc(CCOCCC(CCOCc2ccc(C(=[N+]=N)c3ccccc3)cc2)OCc2ccc(C(=[N+]=N)c3ccccc3)cc2)cc1. The van der Waals surface area contributed by atoms with Crippen LogP contribution in [0.4, 0.5) is 0 Å². The van der Waals surface area contributed by atoms with Crippen molar-refractivity contribution in [3.8, 4) is 0 Å². The minimum absolute atomic E-state index is 0.0803. The first-order valence-electron chi connectivity index (χ1n) is 19.1. The van der Waals surface area contributed by atoms with Gasteiger partial charge in [0.1, 0.15) is 0 Å². The molecule has 57 heavy (non-hydrogen) atoms. The summed E-state index contributed by atoms with van der Waals surface area (Å²) in [4.78, 5) is 11.4. The van der Waals surface area contributed by atoms with Gasteiger partial charge in [0.15, 0.2) is 0 Å². The molecular formula is C48H47N6O3+3. The molecule has 0 saturated carbocycles. The zero-order valence-corrected chi connectivity index (χ0v) is 31.9. The first-order valence-corrected chi connectivity index (χ1v) is 19.1.